The first-order valence-corrected chi connectivity index (χ1v) is 13.0. The fraction of sp³-hybridized carbons (Fsp3) is 0.697. The van der Waals surface area contributed by atoms with Crippen LogP contribution in [0.3, 0.4) is 0 Å². The van der Waals surface area contributed by atoms with Gasteiger partial charge >= 0.3 is 11.9 Å². The molecule has 2 rings (SSSR count). The van der Waals surface area contributed by atoms with E-state index in [9.17, 15) is 28.8 Å². The highest BCUT2D eigenvalue weighted by molar-refractivity contribution is 6.02. The average Bonchev–Trinajstić information content (AvgIpc) is 3.44. The Balaban J connectivity index is -0.000000980. The number of terminal acetylenes is 2. The van der Waals surface area contributed by atoms with Gasteiger partial charge in [0, 0.05) is 38.5 Å². The van der Waals surface area contributed by atoms with Crippen LogP contribution in [0, 0.1) is 30.1 Å². The normalized spacial score (nSPS) is 13.3. The Morgan fingerprint density at radius 1 is 0.553 bits per heavy atom. The number of hydroxylamine groups is 4. The Morgan fingerprint density at radius 3 is 1.11 bits per heavy atom. The third-order valence-electron chi connectivity index (χ3n) is 5.71. The number of amides is 4. The average molecular weight is 675 g/mol. The Morgan fingerprint density at radius 2 is 0.830 bits per heavy atom. The van der Waals surface area contributed by atoms with Crippen LogP contribution in [0.5, 0.6) is 0 Å². The van der Waals surface area contributed by atoms with Crippen molar-refractivity contribution >= 4 is 35.6 Å². The van der Waals surface area contributed by atoms with Gasteiger partial charge in [-0.1, -0.05) is 44.6 Å². The molecule has 0 radical (unpaired) electrons. The van der Waals surface area contributed by atoms with Crippen LogP contribution in [0.4, 0.5) is 0 Å². The maximum atomic E-state index is 12.1. The molecule has 0 atom stereocenters. The second-order valence-corrected chi connectivity index (χ2v) is 9.21. The second kappa shape index (κ2) is 28.4. The van der Waals surface area contributed by atoms with Crippen LogP contribution < -0.4 is 0 Å². The summed E-state index contributed by atoms with van der Waals surface area (Å²) >= 11 is 0. The van der Waals surface area contributed by atoms with E-state index < -0.39 is 41.0 Å². The van der Waals surface area contributed by atoms with Crippen LogP contribution in [-0.4, -0.2) is 98.5 Å². The molecular formula is C33H58N2O12. The van der Waals surface area contributed by atoms with Crippen LogP contribution in [0.25, 0.3) is 0 Å². The van der Waals surface area contributed by atoms with E-state index in [1.807, 2.05) is 0 Å². The Labute approximate surface area is 282 Å². The maximum Gasteiger partial charge on any atom is 0.335 e. The number of hydrogen-bond acceptors (Lipinski definition) is 12. The molecule has 0 aromatic carbocycles. The lowest BCUT2D eigenvalue weighted by atomic mass is 9.92. The predicted octanol–water partition coefficient (Wildman–Crippen LogP) is 3.90. The van der Waals surface area contributed by atoms with Crippen molar-refractivity contribution in [1.29, 1.82) is 0 Å². The lowest BCUT2D eigenvalue weighted by Crippen LogP contribution is -2.42. The molecule has 0 aromatic rings. The van der Waals surface area contributed by atoms with Crippen LogP contribution in [0.2, 0.25) is 0 Å². The van der Waals surface area contributed by atoms with E-state index >= 15 is 0 Å². The van der Waals surface area contributed by atoms with Crippen molar-refractivity contribution in [2.24, 2.45) is 5.41 Å². The molecule has 2 heterocycles. The van der Waals surface area contributed by atoms with Gasteiger partial charge in [-0.3, -0.25) is 19.2 Å². The van der Waals surface area contributed by atoms with Gasteiger partial charge < -0.3 is 28.6 Å². The van der Waals surface area contributed by atoms with Gasteiger partial charge in [0.1, 0.15) is 0 Å². The van der Waals surface area contributed by atoms with Crippen molar-refractivity contribution < 1.29 is 57.4 Å². The van der Waals surface area contributed by atoms with Crippen molar-refractivity contribution in [2.75, 3.05) is 52.9 Å². The first kappa shape index (κ1) is 52.7. The predicted molar refractivity (Wildman–Crippen MR) is 177 cm³/mol. The number of hydrogen-bond donors (Lipinski definition) is 0. The smallest absolute Gasteiger partial charge is 0.335 e. The topological polar surface area (TPSA) is 164 Å². The van der Waals surface area contributed by atoms with E-state index in [0.717, 1.165) is 0 Å². The summed E-state index contributed by atoms with van der Waals surface area (Å²) in [5.74, 6) is 0.947. The number of carbonyl (C=O) groups is 6. The molecule has 47 heavy (non-hydrogen) atoms. The van der Waals surface area contributed by atoms with Crippen molar-refractivity contribution in [3.63, 3.8) is 0 Å². The summed E-state index contributed by atoms with van der Waals surface area (Å²) in [5.41, 5.74) is -0.918. The van der Waals surface area contributed by atoms with Crippen molar-refractivity contribution in [3.05, 3.63) is 0 Å². The molecule has 4 amide bonds. The van der Waals surface area contributed by atoms with E-state index in [0.29, 0.717) is 23.0 Å². The molecule has 14 heteroatoms. The summed E-state index contributed by atoms with van der Waals surface area (Å²) in [6, 6.07) is 0. The largest absolute Gasteiger partial charge is 0.380 e. The van der Waals surface area contributed by atoms with Gasteiger partial charge in [-0.15, -0.1) is 34.8 Å². The summed E-state index contributed by atoms with van der Waals surface area (Å²) in [5, 5.41) is 0.916. The van der Waals surface area contributed by atoms with Gasteiger partial charge in [-0.05, 0) is 0 Å². The second-order valence-electron chi connectivity index (χ2n) is 9.21. The first-order valence-electron chi connectivity index (χ1n) is 13.0. The fourth-order valence-electron chi connectivity index (χ4n) is 3.59. The Bertz CT molecular complexity index is 933. The van der Waals surface area contributed by atoms with Gasteiger partial charge in [0.2, 0.25) is 0 Å². The standard InChI is InChI=1S/C27H34N2O12.6CH4/c1-3-5-13-36-17-27(18-37-14-6-4-2,19-38-15-11-25(34)40-28-21(30)7-8-22(28)31)20-39-16-12-26(35)41-29-23(32)9-10-24(29)33;;;;;;/h1-2H,5-20H2;6*1H4. The molecule has 0 unspecified atom stereocenters. The lowest BCUT2D eigenvalue weighted by Gasteiger charge is -2.33. The molecule has 0 bridgehead atoms. The number of carbonyl (C=O) groups excluding carboxylic acids is 6. The molecule has 2 saturated heterocycles. The minimum absolute atomic E-state index is 0. The van der Waals surface area contributed by atoms with Gasteiger partial charge in [0.15, 0.2) is 0 Å². The molecule has 2 aliphatic heterocycles. The van der Waals surface area contributed by atoms with Gasteiger partial charge in [-0.2, -0.15) is 0 Å². The monoisotopic (exact) mass is 674 g/mol. The SMILES string of the molecule is C.C.C.C.C.C.C#CCCOCC(COCCC#C)(COCCC(=O)ON1C(=O)CCC1=O)COCCC(=O)ON1C(=O)CCC1=O. The zero-order chi connectivity index (χ0) is 30.1. The molecule has 2 aliphatic rings. The molecule has 0 saturated carbocycles. The van der Waals surface area contributed by atoms with Crippen molar-refractivity contribution in [3.8, 4) is 24.7 Å². The summed E-state index contributed by atoms with van der Waals surface area (Å²) in [4.78, 5) is 80.3. The number of ether oxygens (including phenoxy) is 4. The number of imide groups is 2. The van der Waals surface area contributed by atoms with Crippen molar-refractivity contribution in [1.82, 2.24) is 10.1 Å². The van der Waals surface area contributed by atoms with Gasteiger partial charge in [-0.25, -0.2) is 9.59 Å². The van der Waals surface area contributed by atoms with E-state index in [1.165, 1.54) is 0 Å². The van der Waals surface area contributed by atoms with Crippen LogP contribution >= 0.6 is 0 Å². The van der Waals surface area contributed by atoms with Crippen LogP contribution in [0.15, 0.2) is 0 Å². The Hall–Kier alpha value is -3.82. The lowest BCUT2D eigenvalue weighted by molar-refractivity contribution is -0.198. The molecule has 14 nitrogen and oxygen atoms in total. The van der Waals surface area contributed by atoms with Gasteiger partial charge in [0.25, 0.3) is 23.6 Å². The molecule has 0 N–H and O–H groups in total. The molecule has 272 valence electrons. The van der Waals surface area contributed by atoms with Crippen molar-refractivity contribution in [2.45, 2.75) is 95.9 Å². The summed E-state index contributed by atoms with van der Waals surface area (Å²) < 4.78 is 22.8. The first-order chi connectivity index (χ1) is 19.7. The molecule has 2 fully saturated rings. The number of rotatable bonds is 20. The zero-order valence-electron chi connectivity index (χ0n) is 22.8. The number of nitrogens with zero attached hydrogens (tertiary/aromatic N) is 2. The molecule has 0 aliphatic carbocycles. The van der Waals surface area contributed by atoms with Crippen LogP contribution in [-0.2, 0) is 57.4 Å². The third kappa shape index (κ3) is 18.8. The minimum atomic E-state index is -0.918. The van der Waals surface area contributed by atoms with E-state index in [4.69, 9.17) is 41.5 Å². The van der Waals surface area contributed by atoms with Gasteiger partial charge in [0.05, 0.1) is 71.1 Å². The zero-order valence-corrected chi connectivity index (χ0v) is 22.8. The molecule has 0 aromatic heterocycles. The van der Waals surface area contributed by atoms with E-state index in [2.05, 4.69) is 11.8 Å². The van der Waals surface area contributed by atoms with E-state index in [-0.39, 0.29) is 136 Å². The highest BCUT2D eigenvalue weighted by atomic mass is 16.7. The minimum Gasteiger partial charge on any atom is -0.380 e. The maximum absolute atomic E-state index is 12.1. The fourth-order valence-corrected chi connectivity index (χ4v) is 3.59. The summed E-state index contributed by atoms with van der Waals surface area (Å²) in [6.07, 6.45) is 10.7. The third-order valence-corrected chi connectivity index (χ3v) is 5.71. The molecular weight excluding hydrogens is 616 g/mol. The molecule has 0 spiro atoms. The van der Waals surface area contributed by atoms with Crippen LogP contribution in [0.1, 0.15) is 95.9 Å². The highest BCUT2D eigenvalue weighted by Gasteiger charge is 2.35. The van der Waals surface area contributed by atoms with E-state index in [1.54, 1.807) is 0 Å². The summed E-state index contributed by atoms with van der Waals surface area (Å²) in [7, 11) is 0. The quantitative estimate of drug-likeness (QED) is 0.104. The summed E-state index contributed by atoms with van der Waals surface area (Å²) in [6.45, 7) is 0.379. The Kier molecular flexibility index (Phi) is 31.9. The highest BCUT2D eigenvalue weighted by Crippen LogP contribution is 2.22.